The molecule has 2 rings (SSSR count). The highest BCUT2D eigenvalue weighted by molar-refractivity contribution is 5.29. The first-order valence-electron chi connectivity index (χ1n) is 5.38. The van der Waals surface area contributed by atoms with Crippen molar-refractivity contribution in [3.05, 3.63) is 34.9 Å². The summed E-state index contributed by atoms with van der Waals surface area (Å²) < 4.78 is 27.3. The number of hydrogen-bond acceptors (Lipinski definition) is 1. The minimum Gasteiger partial charge on any atom is -0.310 e. The van der Waals surface area contributed by atoms with E-state index in [2.05, 4.69) is 5.32 Å². The topological polar surface area (TPSA) is 12.0 Å². The molecule has 1 N–H and O–H groups in total. The maximum atomic E-state index is 13.8. The van der Waals surface area contributed by atoms with E-state index in [-0.39, 0.29) is 11.6 Å². The number of piperidine rings is 1. The van der Waals surface area contributed by atoms with Gasteiger partial charge in [0.15, 0.2) is 0 Å². The molecule has 1 aromatic carbocycles. The molecular weight excluding hydrogens is 196 g/mol. The van der Waals surface area contributed by atoms with Gasteiger partial charge in [-0.25, -0.2) is 8.78 Å². The molecule has 1 nitrogen and oxygen atoms in total. The van der Waals surface area contributed by atoms with Gasteiger partial charge in [-0.05, 0) is 37.9 Å². The lowest BCUT2D eigenvalue weighted by Gasteiger charge is -2.25. The molecule has 1 heterocycles. The zero-order chi connectivity index (χ0) is 10.8. The van der Waals surface area contributed by atoms with Crippen molar-refractivity contribution in [1.29, 1.82) is 0 Å². The van der Waals surface area contributed by atoms with E-state index in [4.69, 9.17) is 0 Å². The Morgan fingerprint density at radius 1 is 1.27 bits per heavy atom. The number of rotatable bonds is 1. The lowest BCUT2D eigenvalue weighted by atomic mass is 9.95. The van der Waals surface area contributed by atoms with Gasteiger partial charge in [0.2, 0.25) is 0 Å². The van der Waals surface area contributed by atoms with Gasteiger partial charge in [-0.3, -0.25) is 0 Å². The van der Waals surface area contributed by atoms with E-state index in [1.54, 1.807) is 6.92 Å². The Balaban J connectivity index is 2.36. The summed E-state index contributed by atoms with van der Waals surface area (Å²) in [5.41, 5.74) is 0.730. The van der Waals surface area contributed by atoms with Gasteiger partial charge in [0.1, 0.15) is 11.6 Å². The van der Waals surface area contributed by atoms with Crippen molar-refractivity contribution in [3.63, 3.8) is 0 Å². The maximum Gasteiger partial charge on any atom is 0.133 e. The Labute approximate surface area is 88.5 Å². The van der Waals surface area contributed by atoms with Gasteiger partial charge < -0.3 is 5.32 Å². The number of hydrogen-bond donors (Lipinski definition) is 1. The third kappa shape index (κ3) is 2.02. The van der Waals surface area contributed by atoms with Crippen molar-refractivity contribution in [3.8, 4) is 0 Å². The summed E-state index contributed by atoms with van der Waals surface area (Å²) in [7, 11) is 0. The summed E-state index contributed by atoms with van der Waals surface area (Å²) in [5, 5.41) is 3.16. The van der Waals surface area contributed by atoms with E-state index in [1.807, 2.05) is 0 Å². The number of nitrogens with one attached hydrogen (secondary N) is 1. The largest absolute Gasteiger partial charge is 0.310 e. The Morgan fingerprint density at radius 3 is 2.73 bits per heavy atom. The first-order chi connectivity index (χ1) is 7.20. The monoisotopic (exact) mass is 211 g/mol. The lowest BCUT2D eigenvalue weighted by molar-refractivity contribution is 0.384. The molecule has 0 bridgehead atoms. The third-order valence-electron chi connectivity index (χ3n) is 2.98. The van der Waals surface area contributed by atoms with E-state index in [0.717, 1.165) is 25.8 Å². The summed E-state index contributed by atoms with van der Waals surface area (Å²) in [6.07, 6.45) is 2.94. The van der Waals surface area contributed by atoms with Crippen molar-refractivity contribution >= 4 is 0 Å². The molecule has 0 spiro atoms. The molecule has 0 aliphatic carbocycles. The highest BCUT2D eigenvalue weighted by atomic mass is 19.1. The second kappa shape index (κ2) is 4.27. The normalized spacial score (nSPS) is 21.7. The van der Waals surface area contributed by atoms with Crippen LogP contribution in [0.5, 0.6) is 0 Å². The highest BCUT2D eigenvalue weighted by Crippen LogP contribution is 2.28. The molecule has 1 aliphatic heterocycles. The van der Waals surface area contributed by atoms with Gasteiger partial charge in [-0.15, -0.1) is 0 Å². The number of benzene rings is 1. The summed E-state index contributed by atoms with van der Waals surface area (Å²) in [6, 6.07) is 2.68. The summed E-state index contributed by atoms with van der Waals surface area (Å²) in [4.78, 5) is 0. The van der Waals surface area contributed by atoms with Gasteiger partial charge in [-0.1, -0.05) is 12.5 Å². The zero-order valence-electron chi connectivity index (χ0n) is 8.82. The fourth-order valence-corrected chi connectivity index (χ4v) is 2.10. The molecule has 1 saturated heterocycles. The Bertz CT molecular complexity index is 357. The molecule has 3 heteroatoms. The maximum absolute atomic E-state index is 13.8. The van der Waals surface area contributed by atoms with Crippen molar-refractivity contribution < 1.29 is 8.78 Å². The van der Waals surface area contributed by atoms with Gasteiger partial charge in [0.05, 0.1) is 0 Å². The summed E-state index contributed by atoms with van der Waals surface area (Å²) in [5.74, 6) is -0.827. The Kier molecular flexibility index (Phi) is 3.00. The molecule has 1 fully saturated rings. The molecule has 1 aromatic rings. The van der Waals surface area contributed by atoms with Crippen molar-refractivity contribution in [2.45, 2.75) is 32.2 Å². The first kappa shape index (κ1) is 10.6. The van der Waals surface area contributed by atoms with E-state index < -0.39 is 11.6 Å². The predicted molar refractivity (Wildman–Crippen MR) is 55.7 cm³/mol. The van der Waals surface area contributed by atoms with Gasteiger partial charge in [0, 0.05) is 11.6 Å². The van der Waals surface area contributed by atoms with Crippen LogP contribution in [0.3, 0.4) is 0 Å². The standard InChI is InChI=1S/C12H15F2N/c1-8-5-6-9(13)11(12(8)14)10-4-2-3-7-15-10/h5-6,10,15H,2-4,7H2,1H3/t10-/m1/s1. The molecular formula is C12H15F2N. The van der Waals surface area contributed by atoms with Crippen LogP contribution in [0.2, 0.25) is 0 Å². The number of halogens is 2. The quantitative estimate of drug-likeness (QED) is 0.752. The van der Waals surface area contributed by atoms with Gasteiger partial charge in [-0.2, -0.15) is 0 Å². The van der Waals surface area contributed by atoms with Crippen LogP contribution in [0, 0.1) is 18.6 Å². The molecule has 0 aromatic heterocycles. The third-order valence-corrected chi connectivity index (χ3v) is 2.98. The van der Waals surface area contributed by atoms with Crippen LogP contribution in [0.4, 0.5) is 8.78 Å². The Morgan fingerprint density at radius 2 is 2.07 bits per heavy atom. The fraction of sp³-hybridized carbons (Fsp3) is 0.500. The minimum absolute atomic E-state index is 0.154. The second-order valence-corrected chi connectivity index (χ2v) is 4.09. The van der Waals surface area contributed by atoms with E-state index >= 15 is 0 Å². The minimum atomic E-state index is -0.433. The summed E-state index contributed by atoms with van der Waals surface area (Å²) in [6.45, 7) is 2.51. The van der Waals surface area contributed by atoms with Crippen molar-refractivity contribution in [2.75, 3.05) is 6.54 Å². The number of aryl methyl sites for hydroxylation is 1. The van der Waals surface area contributed by atoms with Crippen LogP contribution in [-0.2, 0) is 0 Å². The van der Waals surface area contributed by atoms with Gasteiger partial charge in [0.25, 0.3) is 0 Å². The van der Waals surface area contributed by atoms with Crippen LogP contribution in [0.25, 0.3) is 0 Å². The Hall–Kier alpha value is -0.960. The lowest BCUT2D eigenvalue weighted by Crippen LogP contribution is -2.28. The van der Waals surface area contributed by atoms with E-state index in [1.165, 1.54) is 12.1 Å². The van der Waals surface area contributed by atoms with Crippen LogP contribution < -0.4 is 5.32 Å². The van der Waals surface area contributed by atoms with Crippen LogP contribution in [0.1, 0.15) is 36.4 Å². The molecule has 0 amide bonds. The van der Waals surface area contributed by atoms with Crippen molar-refractivity contribution in [1.82, 2.24) is 5.32 Å². The van der Waals surface area contributed by atoms with E-state index in [0.29, 0.717) is 5.56 Å². The molecule has 1 atom stereocenters. The second-order valence-electron chi connectivity index (χ2n) is 4.09. The molecule has 0 saturated carbocycles. The smallest absolute Gasteiger partial charge is 0.133 e. The fourth-order valence-electron chi connectivity index (χ4n) is 2.10. The van der Waals surface area contributed by atoms with E-state index in [9.17, 15) is 8.78 Å². The molecule has 1 aliphatic rings. The highest BCUT2D eigenvalue weighted by Gasteiger charge is 2.22. The molecule has 0 unspecified atom stereocenters. The SMILES string of the molecule is Cc1ccc(F)c([C@H]2CCCCN2)c1F. The molecule has 82 valence electrons. The van der Waals surface area contributed by atoms with Crippen LogP contribution >= 0.6 is 0 Å². The average molecular weight is 211 g/mol. The molecule has 0 radical (unpaired) electrons. The molecule has 15 heavy (non-hydrogen) atoms. The predicted octanol–water partition coefficient (Wildman–Crippen LogP) is 3.09. The van der Waals surface area contributed by atoms with Gasteiger partial charge >= 0.3 is 0 Å². The summed E-state index contributed by atoms with van der Waals surface area (Å²) >= 11 is 0. The van der Waals surface area contributed by atoms with Crippen molar-refractivity contribution in [2.24, 2.45) is 0 Å². The van der Waals surface area contributed by atoms with Crippen LogP contribution in [0.15, 0.2) is 12.1 Å². The average Bonchev–Trinajstić information content (AvgIpc) is 2.26. The zero-order valence-corrected chi connectivity index (χ0v) is 8.82. The van der Waals surface area contributed by atoms with Crippen LogP contribution in [-0.4, -0.2) is 6.54 Å². The first-order valence-corrected chi connectivity index (χ1v) is 5.38.